The van der Waals surface area contributed by atoms with Crippen molar-refractivity contribution in [3.05, 3.63) is 70.5 Å². The molecule has 0 radical (unpaired) electrons. The summed E-state index contributed by atoms with van der Waals surface area (Å²) in [4.78, 5) is 0. The number of hydrogen-bond donors (Lipinski definition) is 0. The molecule has 0 saturated heterocycles. The summed E-state index contributed by atoms with van der Waals surface area (Å²) in [6.07, 6.45) is 7.16. The first-order valence-electron chi connectivity index (χ1n) is 13.3. The van der Waals surface area contributed by atoms with Gasteiger partial charge in [-0.25, -0.2) is 4.39 Å². The van der Waals surface area contributed by atoms with Crippen molar-refractivity contribution >= 4 is 0 Å². The molecule has 186 valence electrons. The lowest BCUT2D eigenvalue weighted by atomic mass is 9.78. The van der Waals surface area contributed by atoms with E-state index in [0.717, 1.165) is 48.6 Å². The van der Waals surface area contributed by atoms with Gasteiger partial charge in [-0.1, -0.05) is 63.4 Å². The lowest BCUT2D eigenvalue weighted by Crippen LogP contribution is -2.22. The third kappa shape index (κ3) is 6.24. The minimum Gasteiger partial charge on any atom is -0.316 e. The minimum absolute atomic E-state index is 0.157. The Labute approximate surface area is 203 Å². The average Bonchev–Trinajstić information content (AvgIpc) is 2.85. The standard InChI is InChI=1S/C30H39F3O/c1-3-22-6-12-26(13-7-22)27-16-17-28(29(31)20-27)30(32,33)34-19-18-23-8-14-25(15-9-23)24-10-4-21(2)5-11-24/h8-9,14-17,20-22,24,26H,3-7,10-13,18-19H2,1-2H3. The maximum absolute atomic E-state index is 14.7. The zero-order valence-electron chi connectivity index (χ0n) is 20.7. The Morgan fingerprint density at radius 2 is 1.41 bits per heavy atom. The molecule has 0 aromatic heterocycles. The van der Waals surface area contributed by atoms with Crippen molar-refractivity contribution in [1.29, 1.82) is 0 Å². The average molecular weight is 473 g/mol. The van der Waals surface area contributed by atoms with Gasteiger partial charge in [0, 0.05) is 0 Å². The number of benzene rings is 2. The Balaban J connectivity index is 1.30. The Kier molecular flexibility index (Phi) is 8.39. The highest BCUT2D eigenvalue weighted by Crippen LogP contribution is 2.39. The molecule has 0 heterocycles. The molecule has 0 amide bonds. The van der Waals surface area contributed by atoms with E-state index in [-0.39, 0.29) is 12.5 Å². The van der Waals surface area contributed by atoms with Crippen LogP contribution in [0.15, 0.2) is 42.5 Å². The van der Waals surface area contributed by atoms with Gasteiger partial charge in [-0.15, -0.1) is 0 Å². The maximum Gasteiger partial charge on any atom is 0.386 e. The van der Waals surface area contributed by atoms with Gasteiger partial charge >= 0.3 is 6.11 Å². The van der Waals surface area contributed by atoms with Crippen molar-refractivity contribution in [1.82, 2.24) is 0 Å². The van der Waals surface area contributed by atoms with Gasteiger partial charge in [0.2, 0.25) is 0 Å². The molecule has 4 heteroatoms. The van der Waals surface area contributed by atoms with Crippen LogP contribution in [0.5, 0.6) is 0 Å². The predicted molar refractivity (Wildman–Crippen MR) is 132 cm³/mol. The molecule has 0 aliphatic heterocycles. The zero-order valence-corrected chi connectivity index (χ0v) is 20.7. The second-order valence-electron chi connectivity index (χ2n) is 10.7. The SMILES string of the molecule is CCC1CCC(c2ccc(C(F)(F)OCCc3ccc(C4CCC(C)CC4)cc3)c(F)c2)CC1. The molecule has 1 nitrogen and oxygen atoms in total. The molecular weight excluding hydrogens is 433 g/mol. The van der Waals surface area contributed by atoms with E-state index in [4.69, 9.17) is 4.74 Å². The van der Waals surface area contributed by atoms with E-state index < -0.39 is 17.5 Å². The van der Waals surface area contributed by atoms with Gasteiger partial charge in [0.15, 0.2) is 0 Å². The molecule has 2 saturated carbocycles. The van der Waals surface area contributed by atoms with E-state index in [1.54, 1.807) is 6.07 Å². The molecule has 0 atom stereocenters. The summed E-state index contributed by atoms with van der Waals surface area (Å²) in [7, 11) is 0. The highest BCUT2D eigenvalue weighted by Gasteiger charge is 2.36. The quantitative estimate of drug-likeness (QED) is 0.372. The molecule has 34 heavy (non-hydrogen) atoms. The van der Waals surface area contributed by atoms with Gasteiger partial charge in [0.05, 0.1) is 12.2 Å². The van der Waals surface area contributed by atoms with Crippen molar-refractivity contribution in [2.24, 2.45) is 11.8 Å². The third-order valence-electron chi connectivity index (χ3n) is 8.34. The van der Waals surface area contributed by atoms with Gasteiger partial charge in [-0.3, -0.25) is 0 Å². The van der Waals surface area contributed by atoms with Crippen LogP contribution in [0.2, 0.25) is 0 Å². The fourth-order valence-electron chi connectivity index (χ4n) is 5.85. The summed E-state index contributed by atoms with van der Waals surface area (Å²) in [6.45, 7) is 4.36. The summed E-state index contributed by atoms with van der Waals surface area (Å²) in [5.74, 6) is 1.56. The number of alkyl halides is 2. The van der Waals surface area contributed by atoms with Crippen molar-refractivity contribution in [3.63, 3.8) is 0 Å². The number of ether oxygens (including phenoxy) is 1. The zero-order chi connectivity index (χ0) is 24.1. The molecule has 0 spiro atoms. The molecule has 0 unspecified atom stereocenters. The van der Waals surface area contributed by atoms with Crippen LogP contribution in [0, 0.1) is 17.7 Å². The topological polar surface area (TPSA) is 9.23 Å². The van der Waals surface area contributed by atoms with E-state index in [2.05, 4.69) is 26.0 Å². The Bertz CT molecular complexity index is 907. The second-order valence-corrected chi connectivity index (χ2v) is 10.7. The fourth-order valence-corrected chi connectivity index (χ4v) is 5.85. The first-order valence-corrected chi connectivity index (χ1v) is 13.3. The van der Waals surface area contributed by atoms with Crippen LogP contribution in [-0.2, 0) is 17.3 Å². The number of rotatable bonds is 8. The van der Waals surface area contributed by atoms with Crippen molar-refractivity contribution in [2.75, 3.05) is 6.61 Å². The first kappa shape index (κ1) is 25.3. The second kappa shape index (κ2) is 11.3. The normalized spacial score (nSPS) is 25.9. The van der Waals surface area contributed by atoms with E-state index in [0.29, 0.717) is 12.3 Å². The maximum atomic E-state index is 14.7. The highest BCUT2D eigenvalue weighted by atomic mass is 19.3. The third-order valence-corrected chi connectivity index (χ3v) is 8.34. The van der Waals surface area contributed by atoms with Crippen LogP contribution in [-0.4, -0.2) is 6.61 Å². The molecule has 2 aromatic rings. The molecule has 4 rings (SSSR count). The molecular formula is C30H39F3O. The number of halogens is 3. The monoisotopic (exact) mass is 472 g/mol. The van der Waals surface area contributed by atoms with Gasteiger partial charge < -0.3 is 4.74 Å². The molecule has 2 fully saturated rings. The van der Waals surface area contributed by atoms with E-state index in [1.165, 1.54) is 49.8 Å². The summed E-state index contributed by atoms with van der Waals surface area (Å²) in [6, 6.07) is 12.5. The van der Waals surface area contributed by atoms with Crippen LogP contribution in [0.3, 0.4) is 0 Å². The molecule has 2 aromatic carbocycles. The smallest absolute Gasteiger partial charge is 0.316 e. The largest absolute Gasteiger partial charge is 0.386 e. The molecule has 2 aliphatic carbocycles. The van der Waals surface area contributed by atoms with E-state index in [1.807, 2.05) is 12.1 Å². The lowest BCUT2D eigenvalue weighted by Gasteiger charge is -2.28. The minimum atomic E-state index is -3.64. The summed E-state index contributed by atoms with van der Waals surface area (Å²) in [5, 5.41) is 0. The lowest BCUT2D eigenvalue weighted by molar-refractivity contribution is -0.249. The van der Waals surface area contributed by atoms with Crippen LogP contribution in [0.1, 0.15) is 106 Å². The van der Waals surface area contributed by atoms with Crippen LogP contribution < -0.4 is 0 Å². The van der Waals surface area contributed by atoms with Crippen LogP contribution in [0.4, 0.5) is 13.2 Å². The van der Waals surface area contributed by atoms with Gasteiger partial charge in [0.25, 0.3) is 0 Å². The van der Waals surface area contributed by atoms with E-state index in [9.17, 15) is 13.2 Å². The van der Waals surface area contributed by atoms with Crippen LogP contribution >= 0.6 is 0 Å². The van der Waals surface area contributed by atoms with Gasteiger partial charge in [0.1, 0.15) is 5.82 Å². The molecule has 0 N–H and O–H groups in total. The predicted octanol–water partition coefficient (Wildman–Crippen LogP) is 9.11. The van der Waals surface area contributed by atoms with Gasteiger partial charge in [-0.05, 0) is 97.4 Å². The van der Waals surface area contributed by atoms with E-state index >= 15 is 0 Å². The number of hydrogen-bond acceptors (Lipinski definition) is 1. The highest BCUT2D eigenvalue weighted by molar-refractivity contribution is 5.29. The Morgan fingerprint density at radius 1 is 0.824 bits per heavy atom. The van der Waals surface area contributed by atoms with Crippen LogP contribution in [0.25, 0.3) is 0 Å². The van der Waals surface area contributed by atoms with Crippen molar-refractivity contribution < 1.29 is 17.9 Å². The fraction of sp³-hybridized carbons (Fsp3) is 0.600. The van der Waals surface area contributed by atoms with Crippen molar-refractivity contribution in [3.8, 4) is 0 Å². The molecule has 0 bridgehead atoms. The summed E-state index contributed by atoms with van der Waals surface area (Å²) >= 11 is 0. The first-order chi connectivity index (χ1) is 16.4. The Morgan fingerprint density at radius 3 is 2.03 bits per heavy atom. The Hall–Kier alpha value is -1.81. The van der Waals surface area contributed by atoms with Gasteiger partial charge in [-0.2, -0.15) is 8.78 Å². The van der Waals surface area contributed by atoms with Crippen molar-refractivity contribution in [2.45, 2.75) is 96.0 Å². The summed E-state index contributed by atoms with van der Waals surface area (Å²) < 4.78 is 48.9. The molecule has 2 aliphatic rings. The summed E-state index contributed by atoms with van der Waals surface area (Å²) in [5.41, 5.74) is 2.47.